The van der Waals surface area contributed by atoms with Gasteiger partial charge in [-0.2, -0.15) is 9.97 Å². The molecule has 15 nitrogen and oxygen atoms in total. The van der Waals surface area contributed by atoms with Crippen molar-refractivity contribution in [1.82, 2.24) is 19.4 Å². The molecule has 1 saturated heterocycles. The number of pyridine rings is 1. The molecule has 4 aromatic rings. The van der Waals surface area contributed by atoms with Crippen LogP contribution in [0, 0.1) is 5.82 Å². The average Bonchev–Trinajstić information content (AvgIpc) is 3.04. The SMILES string of the molecule is CC1COc2c(N3CCN(C)CC3)c(F)cc3c(=O)c(C(=O)O)cn1c23.COc1cc(NS(=O)(=O)c2ccc(N)cc2)nc(OC)n1. The molecule has 47 heavy (non-hydrogen) atoms. The molecule has 6 rings (SSSR count). The molecule has 2 aromatic carbocycles. The zero-order valence-electron chi connectivity index (χ0n) is 26.1. The number of carbonyl (C=O) groups is 1. The van der Waals surface area contributed by atoms with Gasteiger partial charge in [0.15, 0.2) is 17.4 Å². The maximum Gasteiger partial charge on any atom is 0.341 e. The number of rotatable bonds is 7. The Morgan fingerprint density at radius 1 is 1.11 bits per heavy atom. The van der Waals surface area contributed by atoms with Crippen molar-refractivity contribution in [1.29, 1.82) is 0 Å². The molecule has 0 amide bonds. The van der Waals surface area contributed by atoms with E-state index in [0.29, 0.717) is 35.7 Å². The van der Waals surface area contributed by atoms with E-state index < -0.39 is 27.2 Å². The number of carboxylic acids is 1. The smallest absolute Gasteiger partial charge is 0.341 e. The number of nitrogen functional groups attached to an aromatic ring is 1. The number of nitrogens with two attached hydrogens (primary N) is 1. The molecule has 1 atom stereocenters. The molecule has 2 aliphatic heterocycles. The van der Waals surface area contributed by atoms with Gasteiger partial charge in [0.25, 0.3) is 10.0 Å². The average molecular weight is 672 g/mol. The zero-order chi connectivity index (χ0) is 34.0. The monoisotopic (exact) mass is 671 g/mol. The minimum Gasteiger partial charge on any atom is -0.487 e. The summed E-state index contributed by atoms with van der Waals surface area (Å²) in [5, 5.41) is 9.36. The van der Waals surface area contributed by atoms with Crippen LogP contribution in [0.4, 0.5) is 21.6 Å². The number of nitrogens with zero attached hydrogens (tertiary/aromatic N) is 5. The molecule has 1 fully saturated rings. The Bertz CT molecular complexity index is 1960. The van der Waals surface area contributed by atoms with E-state index in [-0.39, 0.29) is 46.2 Å². The number of aromatic carboxylic acids is 1. The maximum atomic E-state index is 15.0. The molecule has 4 heterocycles. The number of benzene rings is 2. The van der Waals surface area contributed by atoms with E-state index in [1.165, 1.54) is 50.7 Å². The fraction of sp³-hybridized carbons (Fsp3) is 0.333. The standard InChI is InChI=1S/C18H20FN3O4.C12H14N4O4S/c1-10-9-26-17-14-11(16(23)12(18(24)25)8-22(10)14)7-13(19)15(17)21-5-3-20(2)4-6-21;1-19-11-7-10(14-12(15-11)20-2)16-21(17,18)9-5-3-8(13)4-6-9/h7-8,10H,3-6,9H2,1-2H3,(H,24,25);3-7H,13H2,1-2H3,(H,14,15,16). The predicted octanol–water partition coefficient (Wildman–Crippen LogP) is 2.42. The normalized spacial score (nSPS) is 16.1. The summed E-state index contributed by atoms with van der Waals surface area (Å²) < 4.78 is 59.1. The van der Waals surface area contributed by atoms with Gasteiger partial charge in [0, 0.05) is 44.1 Å². The quantitative estimate of drug-likeness (QED) is 0.243. The zero-order valence-corrected chi connectivity index (χ0v) is 26.9. The Labute approximate surface area is 269 Å². The van der Waals surface area contributed by atoms with E-state index in [2.05, 4.69) is 19.6 Å². The third kappa shape index (κ3) is 6.85. The maximum absolute atomic E-state index is 15.0. The highest BCUT2D eigenvalue weighted by Crippen LogP contribution is 2.42. The molecule has 0 bridgehead atoms. The number of nitrogens with one attached hydrogen (secondary N) is 1. The third-order valence-corrected chi connectivity index (χ3v) is 9.07. The second-order valence-electron chi connectivity index (χ2n) is 10.9. The summed E-state index contributed by atoms with van der Waals surface area (Å²) in [7, 11) is 0.999. The topological polar surface area (TPSA) is 191 Å². The highest BCUT2D eigenvalue weighted by molar-refractivity contribution is 7.92. The molecule has 250 valence electrons. The highest BCUT2D eigenvalue weighted by Gasteiger charge is 2.31. The molecule has 0 spiro atoms. The van der Waals surface area contributed by atoms with Crippen LogP contribution in [0.15, 0.2) is 52.3 Å². The Morgan fingerprint density at radius 3 is 2.40 bits per heavy atom. The number of hydrogen-bond acceptors (Lipinski definition) is 12. The van der Waals surface area contributed by atoms with Crippen LogP contribution in [0.2, 0.25) is 0 Å². The Kier molecular flexibility index (Phi) is 9.39. The van der Waals surface area contributed by atoms with Crippen LogP contribution in [-0.2, 0) is 10.0 Å². The summed E-state index contributed by atoms with van der Waals surface area (Å²) in [6.45, 7) is 5.08. The largest absolute Gasteiger partial charge is 0.487 e. The van der Waals surface area contributed by atoms with E-state index in [1.54, 1.807) is 4.57 Å². The number of methoxy groups -OCH3 is 2. The van der Waals surface area contributed by atoms with Crippen LogP contribution < -0.4 is 35.0 Å². The first kappa shape index (κ1) is 33.2. The number of ether oxygens (including phenoxy) is 3. The van der Waals surface area contributed by atoms with Gasteiger partial charge in [-0.15, -0.1) is 0 Å². The van der Waals surface area contributed by atoms with Gasteiger partial charge in [-0.1, -0.05) is 0 Å². The Morgan fingerprint density at radius 2 is 1.79 bits per heavy atom. The van der Waals surface area contributed by atoms with Gasteiger partial charge in [-0.3, -0.25) is 9.52 Å². The molecule has 0 radical (unpaired) electrons. The lowest BCUT2D eigenvalue weighted by atomic mass is 10.1. The molecule has 0 saturated carbocycles. The van der Waals surface area contributed by atoms with Crippen molar-refractivity contribution in [2.24, 2.45) is 0 Å². The minimum absolute atomic E-state index is 0.00986. The van der Waals surface area contributed by atoms with Crippen LogP contribution in [0.5, 0.6) is 17.6 Å². The lowest BCUT2D eigenvalue weighted by molar-refractivity contribution is 0.0694. The van der Waals surface area contributed by atoms with Gasteiger partial charge in [-0.25, -0.2) is 17.6 Å². The first-order chi connectivity index (χ1) is 22.3. The Hall–Kier alpha value is -5.16. The van der Waals surface area contributed by atoms with Crippen molar-refractivity contribution in [3.8, 4) is 17.6 Å². The molecule has 1 unspecified atom stereocenters. The van der Waals surface area contributed by atoms with Gasteiger partial charge in [-0.05, 0) is 44.3 Å². The van der Waals surface area contributed by atoms with Gasteiger partial charge >= 0.3 is 12.0 Å². The highest BCUT2D eigenvalue weighted by atomic mass is 32.2. The summed E-state index contributed by atoms with van der Waals surface area (Å²) >= 11 is 0. The fourth-order valence-corrected chi connectivity index (χ4v) is 6.18. The van der Waals surface area contributed by atoms with Gasteiger partial charge in [0.2, 0.25) is 11.3 Å². The molecular formula is C30H34FN7O8S. The van der Waals surface area contributed by atoms with E-state index in [4.69, 9.17) is 19.9 Å². The number of halogens is 1. The number of aromatic nitrogens is 3. The first-order valence-corrected chi connectivity index (χ1v) is 15.9. The number of piperazine rings is 1. The van der Waals surface area contributed by atoms with Crippen molar-refractivity contribution in [3.63, 3.8) is 0 Å². The molecule has 17 heteroatoms. The van der Waals surface area contributed by atoms with Gasteiger partial charge < -0.3 is 39.4 Å². The van der Waals surface area contributed by atoms with E-state index in [0.717, 1.165) is 19.2 Å². The fourth-order valence-electron chi connectivity index (χ4n) is 5.18. The number of anilines is 3. The third-order valence-electron chi connectivity index (χ3n) is 7.70. The number of carboxylic acid groups (broad SMARTS) is 1. The molecular weight excluding hydrogens is 637 g/mol. The summed E-state index contributed by atoms with van der Waals surface area (Å²) in [6, 6.07) is 8.11. The summed E-state index contributed by atoms with van der Waals surface area (Å²) in [6.07, 6.45) is 1.34. The minimum atomic E-state index is -3.79. The lowest BCUT2D eigenvalue weighted by Gasteiger charge is -2.37. The van der Waals surface area contributed by atoms with E-state index in [1.807, 2.05) is 18.9 Å². The number of sulfonamides is 1. The van der Waals surface area contributed by atoms with Crippen LogP contribution in [-0.4, -0.2) is 93.0 Å². The molecule has 2 aromatic heterocycles. The summed E-state index contributed by atoms with van der Waals surface area (Å²) in [4.78, 5) is 35.9. The second-order valence-corrected chi connectivity index (χ2v) is 12.6. The summed E-state index contributed by atoms with van der Waals surface area (Å²) in [5.74, 6) is -1.33. The van der Waals surface area contributed by atoms with Gasteiger partial charge in [0.05, 0.1) is 36.1 Å². The lowest BCUT2D eigenvalue weighted by Crippen LogP contribution is -2.45. The van der Waals surface area contributed by atoms with Crippen molar-refractivity contribution in [2.45, 2.75) is 17.9 Å². The first-order valence-electron chi connectivity index (χ1n) is 14.4. The molecule has 4 N–H and O–H groups in total. The van der Waals surface area contributed by atoms with Crippen LogP contribution in [0.25, 0.3) is 10.9 Å². The number of hydrogen-bond donors (Lipinski definition) is 3. The van der Waals surface area contributed by atoms with Crippen molar-refractivity contribution in [3.05, 3.63) is 64.2 Å². The summed E-state index contributed by atoms with van der Waals surface area (Å²) in [5.41, 5.74) is 5.78. The van der Waals surface area contributed by atoms with Crippen molar-refractivity contribution in [2.75, 3.05) is 69.4 Å². The van der Waals surface area contributed by atoms with E-state index >= 15 is 0 Å². The van der Waals surface area contributed by atoms with Crippen molar-refractivity contribution < 1.29 is 36.9 Å². The van der Waals surface area contributed by atoms with Gasteiger partial charge in [0.1, 0.15) is 17.9 Å². The van der Waals surface area contributed by atoms with Crippen molar-refractivity contribution >= 4 is 44.1 Å². The van der Waals surface area contributed by atoms with Crippen LogP contribution >= 0.6 is 0 Å². The second kappa shape index (κ2) is 13.3. The predicted molar refractivity (Wildman–Crippen MR) is 172 cm³/mol. The van der Waals surface area contributed by atoms with Crippen LogP contribution in [0.3, 0.4) is 0 Å². The van der Waals surface area contributed by atoms with Crippen LogP contribution in [0.1, 0.15) is 23.3 Å². The molecule has 2 aliphatic rings. The Balaban J connectivity index is 0.000000189. The molecule has 0 aliphatic carbocycles. The van der Waals surface area contributed by atoms with E-state index in [9.17, 15) is 27.5 Å². The number of likely N-dealkylation sites (N-methyl/N-ethyl adjacent to an activating group) is 1.